The first-order chi connectivity index (χ1) is 14.7. The number of hydrogen-bond donors (Lipinski definition) is 4. The number of Topliss-reactive ketones (excluding diaryl/α,β-unsaturated/α-hetero) is 1. The number of ether oxygens (including phenoxy) is 1. The molecule has 0 radical (unpaired) electrons. The Labute approximate surface area is 181 Å². The van der Waals surface area contributed by atoms with Crippen LogP contribution in [0.3, 0.4) is 0 Å². The quantitative estimate of drug-likeness (QED) is 0.455. The summed E-state index contributed by atoms with van der Waals surface area (Å²) in [7, 11) is 0. The Morgan fingerprint density at radius 3 is 2.35 bits per heavy atom. The van der Waals surface area contributed by atoms with E-state index in [1.807, 2.05) is 26.8 Å². The first kappa shape index (κ1) is 22.3. The maximum absolute atomic E-state index is 13.3. The molecule has 4 N–H and O–H groups in total. The second-order valence-electron chi connectivity index (χ2n) is 8.20. The molecule has 3 rings (SSSR count). The van der Waals surface area contributed by atoms with Gasteiger partial charge in [-0.3, -0.25) is 4.79 Å². The number of carbonyl (C=O) groups is 1. The molecule has 0 saturated heterocycles. The van der Waals surface area contributed by atoms with Crippen LogP contribution in [0.4, 0.5) is 0 Å². The van der Waals surface area contributed by atoms with Gasteiger partial charge >= 0.3 is 0 Å². The van der Waals surface area contributed by atoms with E-state index < -0.39 is 12.0 Å². The first-order valence-corrected chi connectivity index (χ1v) is 10.2. The molecule has 1 heterocycles. The normalized spacial score (nSPS) is 18.3. The average Bonchev–Trinajstić information content (AvgIpc) is 2.66. The Morgan fingerprint density at radius 2 is 1.68 bits per heavy atom. The molecule has 0 saturated carbocycles. The summed E-state index contributed by atoms with van der Waals surface area (Å²) in [5, 5.41) is 40.1. The van der Waals surface area contributed by atoms with Crippen molar-refractivity contribution in [2.24, 2.45) is 5.92 Å². The number of carbonyl (C=O) groups excluding carboxylic acids is 1. The highest BCUT2D eigenvalue weighted by molar-refractivity contribution is 6.04. The van der Waals surface area contributed by atoms with Crippen molar-refractivity contribution in [2.75, 3.05) is 0 Å². The summed E-state index contributed by atoms with van der Waals surface area (Å²) in [5.74, 6) is -1.85. The summed E-state index contributed by atoms with van der Waals surface area (Å²) in [5.41, 5.74) is 2.75. The lowest BCUT2D eigenvalue weighted by molar-refractivity contribution is 0.0649. The molecule has 0 aromatic heterocycles. The summed E-state index contributed by atoms with van der Waals surface area (Å²) in [6.45, 7) is 6.10. The van der Waals surface area contributed by atoms with E-state index in [-0.39, 0.29) is 40.1 Å². The fourth-order valence-corrected chi connectivity index (χ4v) is 3.77. The van der Waals surface area contributed by atoms with Gasteiger partial charge in [0.1, 0.15) is 40.4 Å². The Bertz CT molecular complexity index is 1050. The minimum absolute atomic E-state index is 0.0212. The van der Waals surface area contributed by atoms with Gasteiger partial charge in [0.25, 0.3) is 0 Å². The molecule has 31 heavy (non-hydrogen) atoms. The maximum Gasteiger partial charge on any atom is 0.177 e. The van der Waals surface area contributed by atoms with E-state index in [2.05, 4.69) is 6.08 Å². The summed E-state index contributed by atoms with van der Waals surface area (Å²) < 4.78 is 6.01. The third-order valence-corrected chi connectivity index (χ3v) is 5.40. The lowest BCUT2D eigenvalue weighted by Crippen LogP contribution is -2.31. The first-order valence-electron chi connectivity index (χ1n) is 10.2. The van der Waals surface area contributed by atoms with Gasteiger partial charge in [-0.25, -0.2) is 0 Å². The van der Waals surface area contributed by atoms with Crippen LogP contribution in [0.25, 0.3) is 0 Å². The molecule has 6 nitrogen and oxygen atoms in total. The van der Waals surface area contributed by atoms with E-state index in [0.717, 1.165) is 24.5 Å². The topological polar surface area (TPSA) is 107 Å². The van der Waals surface area contributed by atoms with Gasteiger partial charge in [-0.2, -0.15) is 0 Å². The fourth-order valence-electron chi connectivity index (χ4n) is 3.77. The van der Waals surface area contributed by atoms with Gasteiger partial charge in [0.15, 0.2) is 5.78 Å². The van der Waals surface area contributed by atoms with Gasteiger partial charge in [0.2, 0.25) is 0 Å². The second-order valence-corrected chi connectivity index (χ2v) is 8.20. The van der Waals surface area contributed by atoms with Gasteiger partial charge < -0.3 is 25.2 Å². The molecule has 0 bridgehead atoms. The lowest BCUT2D eigenvalue weighted by atomic mass is 9.82. The van der Waals surface area contributed by atoms with Gasteiger partial charge in [-0.05, 0) is 52.2 Å². The van der Waals surface area contributed by atoms with Gasteiger partial charge in [0, 0.05) is 23.8 Å². The van der Waals surface area contributed by atoms with Crippen LogP contribution in [0, 0.1) is 5.92 Å². The van der Waals surface area contributed by atoms with E-state index >= 15 is 0 Å². The number of ketones is 1. The molecule has 0 aliphatic carbocycles. The van der Waals surface area contributed by atoms with E-state index in [1.54, 1.807) is 0 Å². The summed E-state index contributed by atoms with van der Waals surface area (Å²) in [6, 6.07) is 6.49. The van der Waals surface area contributed by atoms with Crippen molar-refractivity contribution in [1.82, 2.24) is 0 Å². The van der Waals surface area contributed by atoms with Gasteiger partial charge in [-0.15, -0.1) is 0 Å². The number of benzene rings is 2. The van der Waals surface area contributed by atoms with E-state index in [1.165, 1.54) is 29.8 Å². The second kappa shape index (κ2) is 9.16. The SMILES string of the molecule is CC(C)=CCC/C(C)=C/CC1C(=O)c2c(O)cc(O)cc2OC1c1ccc(O)cc1O. The van der Waals surface area contributed by atoms with E-state index in [9.17, 15) is 25.2 Å². The van der Waals surface area contributed by atoms with Crippen LogP contribution in [0.15, 0.2) is 53.6 Å². The number of phenolic OH excluding ortho intramolecular Hbond substituents is 4. The summed E-state index contributed by atoms with van der Waals surface area (Å²) >= 11 is 0. The molecule has 1 aliphatic heterocycles. The van der Waals surface area contributed by atoms with Crippen molar-refractivity contribution >= 4 is 5.78 Å². The van der Waals surface area contributed by atoms with Crippen molar-refractivity contribution < 1.29 is 30.0 Å². The van der Waals surface area contributed by atoms with Crippen molar-refractivity contribution in [2.45, 2.75) is 46.1 Å². The minimum Gasteiger partial charge on any atom is -0.508 e. The third kappa shape index (κ3) is 5.02. The van der Waals surface area contributed by atoms with Crippen molar-refractivity contribution in [1.29, 1.82) is 0 Å². The Hall–Kier alpha value is -3.41. The molecular weight excluding hydrogens is 396 g/mol. The van der Waals surface area contributed by atoms with Crippen LogP contribution in [-0.2, 0) is 0 Å². The maximum atomic E-state index is 13.3. The van der Waals surface area contributed by atoms with Crippen LogP contribution in [0.1, 0.15) is 62.1 Å². The van der Waals surface area contributed by atoms with Gasteiger partial charge in [-0.1, -0.05) is 23.3 Å². The van der Waals surface area contributed by atoms with Crippen LogP contribution in [0.2, 0.25) is 0 Å². The predicted octanol–water partition coefficient (Wildman–Crippen LogP) is 5.52. The average molecular weight is 424 g/mol. The number of rotatable bonds is 6. The molecular formula is C25H28O6. The Balaban J connectivity index is 1.97. The zero-order chi connectivity index (χ0) is 22.7. The Kier molecular flexibility index (Phi) is 6.59. The standard InChI is InChI=1S/C25H28O6/c1-14(2)5-4-6-15(3)7-9-19-24(30)23-21(29)12-17(27)13-22(23)31-25(19)18-10-8-16(26)11-20(18)28/h5,7-8,10-13,19,25-29H,4,6,9H2,1-3H3/b15-7+. The smallest absolute Gasteiger partial charge is 0.177 e. The third-order valence-electron chi connectivity index (χ3n) is 5.40. The van der Waals surface area contributed by atoms with E-state index in [4.69, 9.17) is 4.74 Å². The van der Waals surface area contributed by atoms with E-state index in [0.29, 0.717) is 12.0 Å². The van der Waals surface area contributed by atoms with Crippen molar-refractivity contribution in [3.8, 4) is 28.7 Å². The van der Waals surface area contributed by atoms with Crippen LogP contribution < -0.4 is 4.74 Å². The number of phenols is 4. The molecule has 2 aromatic rings. The number of allylic oxidation sites excluding steroid dienone is 4. The number of fused-ring (bicyclic) bond motifs is 1. The predicted molar refractivity (Wildman–Crippen MR) is 118 cm³/mol. The molecule has 2 aromatic carbocycles. The molecule has 1 aliphatic rings. The van der Waals surface area contributed by atoms with Crippen molar-refractivity contribution in [3.05, 3.63) is 64.8 Å². The zero-order valence-corrected chi connectivity index (χ0v) is 17.9. The molecule has 0 spiro atoms. The molecule has 2 atom stereocenters. The highest BCUT2D eigenvalue weighted by Crippen LogP contribution is 2.47. The highest BCUT2D eigenvalue weighted by atomic mass is 16.5. The Morgan fingerprint density at radius 1 is 0.968 bits per heavy atom. The number of hydrogen-bond acceptors (Lipinski definition) is 6. The fraction of sp³-hybridized carbons (Fsp3) is 0.320. The van der Waals surface area contributed by atoms with Gasteiger partial charge in [0.05, 0.1) is 5.92 Å². The minimum atomic E-state index is -0.844. The molecule has 0 amide bonds. The molecule has 0 fully saturated rings. The van der Waals surface area contributed by atoms with Crippen LogP contribution in [0.5, 0.6) is 28.7 Å². The van der Waals surface area contributed by atoms with Crippen molar-refractivity contribution in [3.63, 3.8) is 0 Å². The highest BCUT2D eigenvalue weighted by Gasteiger charge is 2.40. The summed E-state index contributed by atoms with van der Waals surface area (Å²) in [6.07, 6.45) is 5.41. The zero-order valence-electron chi connectivity index (χ0n) is 17.9. The van der Waals surface area contributed by atoms with Crippen LogP contribution in [-0.4, -0.2) is 26.2 Å². The lowest BCUT2D eigenvalue weighted by Gasteiger charge is -2.33. The summed E-state index contributed by atoms with van der Waals surface area (Å²) in [4.78, 5) is 13.3. The monoisotopic (exact) mass is 424 g/mol. The largest absolute Gasteiger partial charge is 0.508 e. The molecule has 164 valence electrons. The number of aromatic hydroxyl groups is 4. The van der Waals surface area contributed by atoms with Crippen LogP contribution >= 0.6 is 0 Å². The molecule has 6 heteroatoms. The molecule has 2 unspecified atom stereocenters.